The van der Waals surface area contributed by atoms with Crippen LogP contribution in [0.4, 0.5) is 4.39 Å². The van der Waals surface area contributed by atoms with Gasteiger partial charge >= 0.3 is 0 Å². The highest BCUT2D eigenvalue weighted by atomic mass is 32.2. The quantitative estimate of drug-likeness (QED) is 0.938. The van der Waals surface area contributed by atoms with Crippen molar-refractivity contribution in [3.05, 3.63) is 64.5 Å². The molecule has 0 aromatic heterocycles. The van der Waals surface area contributed by atoms with Gasteiger partial charge in [-0.1, -0.05) is 23.8 Å². The van der Waals surface area contributed by atoms with E-state index in [4.69, 9.17) is 5.73 Å². The summed E-state index contributed by atoms with van der Waals surface area (Å²) >= 11 is 0. The summed E-state index contributed by atoms with van der Waals surface area (Å²) in [5, 5.41) is 0. The number of hydrogen-bond acceptors (Lipinski definition) is 2. The summed E-state index contributed by atoms with van der Waals surface area (Å²) in [6.07, 6.45) is 0. The monoisotopic (exact) mass is 305 g/mol. The second-order valence-electron chi connectivity index (χ2n) is 5.39. The predicted octanol–water partition coefficient (Wildman–Crippen LogP) is 3.56. The highest BCUT2D eigenvalue weighted by molar-refractivity contribution is 7.85. The van der Waals surface area contributed by atoms with E-state index in [0.29, 0.717) is 4.90 Å². The first-order valence-corrected chi connectivity index (χ1v) is 8.17. The first kappa shape index (κ1) is 15.9. The molecule has 0 bridgehead atoms. The smallest absolute Gasteiger partial charge is 0.124 e. The molecule has 0 aliphatic rings. The van der Waals surface area contributed by atoms with Crippen LogP contribution in [0.25, 0.3) is 0 Å². The molecule has 2 rings (SSSR count). The summed E-state index contributed by atoms with van der Waals surface area (Å²) in [6.45, 7) is 6.07. The standard InChI is InChI=1S/C17H20FNOS/c1-11-7-12(2)17(13(3)8-11)16(19)10-21(20)15-6-4-5-14(18)9-15/h4-9,16H,10,19H2,1-3H3. The van der Waals surface area contributed by atoms with Crippen LogP contribution in [-0.4, -0.2) is 9.96 Å². The molecule has 112 valence electrons. The molecule has 0 radical (unpaired) electrons. The fraction of sp³-hybridized carbons (Fsp3) is 0.294. The average Bonchev–Trinajstić information content (AvgIpc) is 2.37. The van der Waals surface area contributed by atoms with E-state index in [-0.39, 0.29) is 17.6 Å². The van der Waals surface area contributed by atoms with Crippen LogP contribution in [0, 0.1) is 26.6 Å². The van der Waals surface area contributed by atoms with Crippen molar-refractivity contribution < 1.29 is 8.60 Å². The maximum absolute atomic E-state index is 13.2. The Balaban J connectivity index is 2.22. The van der Waals surface area contributed by atoms with Crippen LogP contribution >= 0.6 is 0 Å². The van der Waals surface area contributed by atoms with Crippen molar-refractivity contribution in [2.45, 2.75) is 31.7 Å². The molecule has 0 spiro atoms. The fourth-order valence-electron chi connectivity index (χ4n) is 2.73. The van der Waals surface area contributed by atoms with Crippen molar-refractivity contribution >= 4 is 10.8 Å². The second-order valence-corrected chi connectivity index (χ2v) is 6.88. The normalized spacial score (nSPS) is 14.0. The summed E-state index contributed by atoms with van der Waals surface area (Å²) in [5.74, 6) is -0.0918. The van der Waals surface area contributed by atoms with Gasteiger partial charge in [-0.05, 0) is 55.7 Å². The van der Waals surface area contributed by atoms with Crippen molar-refractivity contribution in [2.24, 2.45) is 5.73 Å². The first-order valence-electron chi connectivity index (χ1n) is 6.85. The number of hydrogen-bond donors (Lipinski definition) is 1. The SMILES string of the molecule is Cc1cc(C)c(C(N)CS(=O)c2cccc(F)c2)c(C)c1. The van der Waals surface area contributed by atoms with E-state index >= 15 is 0 Å². The molecule has 2 aromatic carbocycles. The van der Waals surface area contributed by atoms with Crippen molar-refractivity contribution in [3.8, 4) is 0 Å². The van der Waals surface area contributed by atoms with E-state index in [9.17, 15) is 8.60 Å². The highest BCUT2D eigenvalue weighted by Gasteiger charge is 2.16. The zero-order chi connectivity index (χ0) is 15.6. The summed E-state index contributed by atoms with van der Waals surface area (Å²) < 4.78 is 25.5. The molecule has 4 heteroatoms. The van der Waals surface area contributed by atoms with Crippen LogP contribution in [-0.2, 0) is 10.8 Å². The number of aryl methyl sites for hydroxylation is 3. The second kappa shape index (κ2) is 6.50. The van der Waals surface area contributed by atoms with Crippen LogP contribution < -0.4 is 5.73 Å². The first-order chi connectivity index (χ1) is 9.88. The van der Waals surface area contributed by atoms with Crippen LogP contribution in [0.1, 0.15) is 28.3 Å². The zero-order valence-electron chi connectivity index (χ0n) is 12.5. The largest absolute Gasteiger partial charge is 0.323 e. The van der Waals surface area contributed by atoms with E-state index < -0.39 is 10.8 Å². The fourth-order valence-corrected chi connectivity index (χ4v) is 3.89. The summed E-state index contributed by atoms with van der Waals surface area (Å²) in [4.78, 5) is 0.480. The minimum absolute atomic E-state index is 0.286. The minimum Gasteiger partial charge on any atom is -0.323 e. The third kappa shape index (κ3) is 3.77. The molecule has 2 nitrogen and oxygen atoms in total. The maximum Gasteiger partial charge on any atom is 0.124 e. The number of rotatable bonds is 4. The Bertz CT molecular complexity index is 661. The molecule has 0 aliphatic heterocycles. The average molecular weight is 305 g/mol. The molecule has 0 aliphatic carbocycles. The van der Waals surface area contributed by atoms with Crippen molar-refractivity contribution in [2.75, 3.05) is 5.75 Å². The van der Waals surface area contributed by atoms with Gasteiger partial charge in [0, 0.05) is 16.7 Å². The van der Waals surface area contributed by atoms with E-state index in [1.165, 1.54) is 17.7 Å². The number of nitrogens with two attached hydrogens (primary N) is 1. The van der Waals surface area contributed by atoms with Gasteiger partial charge in [0.25, 0.3) is 0 Å². The van der Waals surface area contributed by atoms with Gasteiger partial charge in [0.2, 0.25) is 0 Å². The lowest BCUT2D eigenvalue weighted by molar-refractivity contribution is 0.622. The molecule has 2 atom stereocenters. The Labute approximate surface area is 127 Å². The van der Waals surface area contributed by atoms with Crippen molar-refractivity contribution in [1.82, 2.24) is 0 Å². The Morgan fingerprint density at radius 3 is 2.33 bits per heavy atom. The molecule has 2 aromatic rings. The van der Waals surface area contributed by atoms with E-state index in [0.717, 1.165) is 16.7 Å². The van der Waals surface area contributed by atoms with Crippen LogP contribution in [0.15, 0.2) is 41.3 Å². The topological polar surface area (TPSA) is 43.1 Å². The molecule has 0 saturated heterocycles. The van der Waals surface area contributed by atoms with E-state index in [2.05, 4.69) is 12.1 Å². The van der Waals surface area contributed by atoms with Crippen LogP contribution in [0.5, 0.6) is 0 Å². The predicted molar refractivity (Wildman–Crippen MR) is 85.3 cm³/mol. The molecule has 0 heterocycles. The number of benzene rings is 2. The maximum atomic E-state index is 13.2. The van der Waals surface area contributed by atoms with E-state index in [1.807, 2.05) is 20.8 Å². The Kier molecular flexibility index (Phi) is 4.91. The lowest BCUT2D eigenvalue weighted by Gasteiger charge is -2.18. The molecular weight excluding hydrogens is 285 g/mol. The summed E-state index contributed by atoms with van der Waals surface area (Å²) in [7, 11) is -1.31. The minimum atomic E-state index is -1.31. The molecule has 0 saturated carbocycles. The molecule has 0 fully saturated rings. The van der Waals surface area contributed by atoms with Crippen molar-refractivity contribution in [1.29, 1.82) is 0 Å². The summed E-state index contributed by atoms with van der Waals surface area (Å²) in [6, 6.07) is 9.71. The van der Waals surface area contributed by atoms with Gasteiger partial charge in [-0.15, -0.1) is 0 Å². The third-order valence-corrected chi connectivity index (χ3v) is 4.94. The van der Waals surface area contributed by atoms with Crippen LogP contribution in [0.2, 0.25) is 0 Å². The molecule has 2 unspecified atom stereocenters. The highest BCUT2D eigenvalue weighted by Crippen LogP contribution is 2.24. The third-order valence-electron chi connectivity index (χ3n) is 3.50. The van der Waals surface area contributed by atoms with Gasteiger partial charge in [-0.2, -0.15) is 0 Å². The van der Waals surface area contributed by atoms with Gasteiger partial charge < -0.3 is 5.73 Å². The van der Waals surface area contributed by atoms with Crippen molar-refractivity contribution in [3.63, 3.8) is 0 Å². The molecule has 0 amide bonds. The summed E-state index contributed by atoms with van der Waals surface area (Å²) in [5.41, 5.74) is 10.7. The van der Waals surface area contributed by atoms with Crippen LogP contribution in [0.3, 0.4) is 0 Å². The van der Waals surface area contributed by atoms with Gasteiger partial charge in [-0.25, -0.2) is 4.39 Å². The number of halogens is 1. The zero-order valence-corrected chi connectivity index (χ0v) is 13.3. The Morgan fingerprint density at radius 1 is 1.14 bits per heavy atom. The molecule has 21 heavy (non-hydrogen) atoms. The molecule has 2 N–H and O–H groups in total. The van der Waals surface area contributed by atoms with Gasteiger partial charge in [0.15, 0.2) is 0 Å². The van der Waals surface area contributed by atoms with Gasteiger partial charge in [0.05, 0.1) is 10.8 Å². The van der Waals surface area contributed by atoms with Gasteiger partial charge in [0.1, 0.15) is 5.82 Å². The Hall–Kier alpha value is -1.52. The lowest BCUT2D eigenvalue weighted by atomic mass is 9.95. The lowest BCUT2D eigenvalue weighted by Crippen LogP contribution is -2.20. The van der Waals surface area contributed by atoms with Gasteiger partial charge in [-0.3, -0.25) is 4.21 Å². The molecular formula is C17H20FNOS. The van der Waals surface area contributed by atoms with E-state index in [1.54, 1.807) is 12.1 Å². The Morgan fingerprint density at radius 2 is 1.76 bits per heavy atom.